The molecule has 12 heteroatoms. The van der Waals surface area contributed by atoms with Crippen molar-refractivity contribution in [2.24, 2.45) is 5.92 Å². The third-order valence-electron chi connectivity index (χ3n) is 4.13. The first kappa shape index (κ1) is 22.4. The van der Waals surface area contributed by atoms with Crippen LogP contribution in [-0.4, -0.2) is 61.6 Å². The Balaban J connectivity index is 0.000000687. The quantitative estimate of drug-likeness (QED) is 0.512. The van der Waals surface area contributed by atoms with Crippen LogP contribution < -0.4 is 10.6 Å². The molecule has 1 fully saturated rings. The van der Waals surface area contributed by atoms with Crippen molar-refractivity contribution >= 4 is 29.4 Å². The zero-order valence-corrected chi connectivity index (χ0v) is 16.4. The van der Waals surface area contributed by atoms with Crippen LogP contribution in [0.25, 0.3) is 0 Å². The maximum Gasteiger partial charge on any atom is 0.300 e. The van der Waals surface area contributed by atoms with Gasteiger partial charge in [-0.1, -0.05) is 16.8 Å². The van der Waals surface area contributed by atoms with Gasteiger partial charge in [-0.25, -0.2) is 0 Å². The lowest BCUT2D eigenvalue weighted by molar-refractivity contribution is -0.134. The summed E-state index contributed by atoms with van der Waals surface area (Å²) >= 11 is 5.77. The van der Waals surface area contributed by atoms with Gasteiger partial charge in [0.2, 0.25) is 5.91 Å². The minimum atomic E-state index is -0.833. The average Bonchev–Trinajstić information content (AvgIpc) is 3.37. The molecule has 2 amide bonds. The third kappa shape index (κ3) is 7.20. The van der Waals surface area contributed by atoms with Crippen LogP contribution in [0.3, 0.4) is 0 Å². The number of carboxylic acid groups (broad SMARTS) is 1. The molecule has 2 heterocycles. The van der Waals surface area contributed by atoms with E-state index in [1.165, 1.54) is 18.5 Å². The van der Waals surface area contributed by atoms with E-state index in [1.54, 1.807) is 10.9 Å². The number of amides is 2. The molecule has 2 aromatic rings. The molecule has 0 aromatic carbocycles. The summed E-state index contributed by atoms with van der Waals surface area (Å²) in [5.74, 6) is -1.79. The van der Waals surface area contributed by atoms with Gasteiger partial charge in [-0.3, -0.25) is 19.1 Å². The number of hydrogen-bond acceptors (Lipinski definition) is 7. The summed E-state index contributed by atoms with van der Waals surface area (Å²) in [7, 11) is 0. The monoisotopic (exact) mass is 427 g/mol. The van der Waals surface area contributed by atoms with Crippen molar-refractivity contribution in [3.8, 4) is 0 Å². The lowest BCUT2D eigenvalue weighted by Gasteiger charge is -2.15. The minimum absolute atomic E-state index is 0.137. The maximum atomic E-state index is 12.2. The van der Waals surface area contributed by atoms with Crippen LogP contribution in [0, 0.1) is 5.92 Å². The van der Waals surface area contributed by atoms with Crippen LogP contribution in [0.2, 0.25) is 5.02 Å². The van der Waals surface area contributed by atoms with Gasteiger partial charge in [0.25, 0.3) is 11.9 Å². The molecule has 29 heavy (non-hydrogen) atoms. The lowest BCUT2D eigenvalue weighted by atomic mass is 10.1. The third-order valence-corrected chi connectivity index (χ3v) is 4.32. The number of carboxylic acids is 1. The van der Waals surface area contributed by atoms with E-state index in [4.69, 9.17) is 21.5 Å². The number of aliphatic hydroxyl groups is 1. The number of hydrogen-bond donors (Lipinski definition) is 4. The molecular formula is C17H22ClN5O6. The highest BCUT2D eigenvalue weighted by atomic mass is 35.5. The topological polar surface area (TPSA) is 160 Å². The fourth-order valence-electron chi connectivity index (χ4n) is 2.86. The number of aromatic nitrogens is 3. The molecule has 1 aliphatic rings. The Hall–Kier alpha value is -2.92. The van der Waals surface area contributed by atoms with Gasteiger partial charge in [0.1, 0.15) is 6.26 Å². The first-order valence-corrected chi connectivity index (χ1v) is 9.18. The summed E-state index contributed by atoms with van der Waals surface area (Å²) in [4.78, 5) is 33.2. The number of aliphatic hydroxyl groups excluding tert-OH is 1. The van der Waals surface area contributed by atoms with E-state index in [9.17, 15) is 14.7 Å². The molecule has 158 valence electrons. The molecule has 0 saturated heterocycles. The number of aliphatic carboxylic acids is 1. The van der Waals surface area contributed by atoms with Gasteiger partial charge in [0.05, 0.1) is 29.9 Å². The normalized spacial score (nSPS) is 20.4. The summed E-state index contributed by atoms with van der Waals surface area (Å²) < 4.78 is 6.25. The standard InChI is InChI=1S/C15H18ClN5O4.C2H4O2/c16-10-7-18-21(8-10)3-2-17-14(23)9-5-12(13(22)6-9)19-15(24)11-1-4-25-20-11;1-2(3)4/h1,4,7-9,12-13,22H,2-3,5-6H2,(H,17,23)(H,19,24);1H3,(H,3,4)/t9-,12-,13-;/m0./s1. The van der Waals surface area contributed by atoms with Crippen LogP contribution in [0.15, 0.2) is 29.2 Å². The van der Waals surface area contributed by atoms with Crippen molar-refractivity contribution in [2.75, 3.05) is 6.54 Å². The van der Waals surface area contributed by atoms with Gasteiger partial charge >= 0.3 is 0 Å². The molecule has 11 nitrogen and oxygen atoms in total. The van der Waals surface area contributed by atoms with E-state index in [2.05, 4.69) is 25.4 Å². The summed E-state index contributed by atoms with van der Waals surface area (Å²) in [6, 6.07) is 0.937. The van der Waals surface area contributed by atoms with Crippen LogP contribution in [0.1, 0.15) is 30.3 Å². The molecule has 4 N–H and O–H groups in total. The predicted octanol–water partition coefficient (Wildman–Crippen LogP) is 0.301. The van der Waals surface area contributed by atoms with Crippen LogP contribution >= 0.6 is 11.6 Å². The summed E-state index contributed by atoms with van der Waals surface area (Å²) in [6.07, 6.45) is 4.37. The number of carbonyl (C=O) groups excluding carboxylic acids is 2. The van der Waals surface area contributed by atoms with E-state index in [0.717, 1.165) is 6.92 Å². The SMILES string of the molecule is CC(=O)O.O=C(N[C@H]1C[C@H](C(=O)NCCn2cc(Cl)cn2)C[C@@H]1O)c1ccon1. The zero-order chi connectivity index (χ0) is 21.4. The maximum absolute atomic E-state index is 12.2. The molecule has 0 radical (unpaired) electrons. The summed E-state index contributed by atoms with van der Waals surface area (Å²) in [6.45, 7) is 1.99. The smallest absolute Gasteiger partial charge is 0.300 e. The van der Waals surface area contributed by atoms with E-state index in [1.807, 2.05) is 0 Å². The second-order valence-electron chi connectivity index (χ2n) is 6.43. The van der Waals surface area contributed by atoms with Crippen molar-refractivity contribution in [2.45, 2.75) is 38.5 Å². The van der Waals surface area contributed by atoms with Gasteiger partial charge in [-0.05, 0) is 12.8 Å². The number of rotatable bonds is 6. The van der Waals surface area contributed by atoms with Crippen molar-refractivity contribution in [3.05, 3.63) is 35.4 Å². The van der Waals surface area contributed by atoms with E-state index in [-0.39, 0.29) is 17.5 Å². The van der Waals surface area contributed by atoms with Gasteiger partial charge in [-0.2, -0.15) is 5.10 Å². The molecule has 0 spiro atoms. The van der Waals surface area contributed by atoms with Crippen LogP contribution in [-0.2, 0) is 16.1 Å². The fraction of sp³-hybridized carbons (Fsp3) is 0.471. The molecule has 1 saturated carbocycles. The highest BCUT2D eigenvalue weighted by Crippen LogP contribution is 2.26. The fourth-order valence-corrected chi connectivity index (χ4v) is 3.01. The van der Waals surface area contributed by atoms with Crippen LogP contribution in [0.5, 0.6) is 0 Å². The Morgan fingerprint density at radius 2 is 2.10 bits per heavy atom. The van der Waals surface area contributed by atoms with Gasteiger partial charge in [-0.15, -0.1) is 0 Å². The molecule has 3 rings (SSSR count). The highest BCUT2D eigenvalue weighted by Gasteiger charge is 2.37. The molecule has 2 aromatic heterocycles. The minimum Gasteiger partial charge on any atom is -0.481 e. The molecular weight excluding hydrogens is 406 g/mol. The van der Waals surface area contributed by atoms with Crippen molar-refractivity contribution in [1.29, 1.82) is 0 Å². The first-order valence-electron chi connectivity index (χ1n) is 8.80. The molecule has 1 aliphatic carbocycles. The lowest BCUT2D eigenvalue weighted by Crippen LogP contribution is -2.40. The van der Waals surface area contributed by atoms with E-state index < -0.39 is 24.0 Å². The van der Waals surface area contributed by atoms with Gasteiger partial charge < -0.3 is 25.4 Å². The van der Waals surface area contributed by atoms with Crippen LogP contribution in [0.4, 0.5) is 0 Å². The van der Waals surface area contributed by atoms with Crippen molar-refractivity contribution in [1.82, 2.24) is 25.6 Å². The highest BCUT2D eigenvalue weighted by molar-refractivity contribution is 6.30. The molecule has 0 aliphatic heterocycles. The second kappa shape index (κ2) is 10.6. The van der Waals surface area contributed by atoms with E-state index >= 15 is 0 Å². The zero-order valence-electron chi connectivity index (χ0n) is 15.6. The number of nitrogens with zero attached hydrogens (tertiary/aromatic N) is 3. The van der Waals surface area contributed by atoms with Gasteiger partial charge in [0.15, 0.2) is 5.69 Å². The first-order chi connectivity index (χ1) is 13.8. The predicted molar refractivity (Wildman–Crippen MR) is 100 cm³/mol. The Kier molecular flexibility index (Phi) is 8.16. The molecule has 0 unspecified atom stereocenters. The van der Waals surface area contributed by atoms with Crippen molar-refractivity contribution in [3.63, 3.8) is 0 Å². The summed E-state index contributed by atoms with van der Waals surface area (Å²) in [5.41, 5.74) is 0.137. The molecule has 0 bridgehead atoms. The Morgan fingerprint density at radius 3 is 2.69 bits per heavy atom. The largest absolute Gasteiger partial charge is 0.481 e. The number of nitrogens with one attached hydrogen (secondary N) is 2. The van der Waals surface area contributed by atoms with Gasteiger partial charge in [0, 0.05) is 31.6 Å². The Labute approximate surface area is 171 Å². The van der Waals surface area contributed by atoms with Crippen molar-refractivity contribution < 1.29 is 29.1 Å². The Morgan fingerprint density at radius 1 is 1.38 bits per heavy atom. The van der Waals surface area contributed by atoms with E-state index in [0.29, 0.717) is 31.0 Å². The number of halogens is 1. The molecule has 3 atom stereocenters. The average molecular weight is 428 g/mol. The summed E-state index contributed by atoms with van der Waals surface area (Å²) in [5, 5.41) is 31.1. The second-order valence-corrected chi connectivity index (χ2v) is 6.87. The Bertz CT molecular complexity index is 820. The number of carbonyl (C=O) groups is 3.